The lowest BCUT2D eigenvalue weighted by Crippen LogP contribution is -2.44. The maximum Gasteiger partial charge on any atom is 0.408 e. The van der Waals surface area contributed by atoms with Crippen molar-refractivity contribution < 1.29 is 24.2 Å². The van der Waals surface area contributed by atoms with Gasteiger partial charge >= 0.3 is 12.1 Å². The molecule has 0 radical (unpaired) electrons. The summed E-state index contributed by atoms with van der Waals surface area (Å²) in [4.78, 5) is 22.6. The van der Waals surface area contributed by atoms with Crippen LogP contribution < -0.4 is 11.1 Å². The molecule has 0 bridgehead atoms. The van der Waals surface area contributed by atoms with Crippen molar-refractivity contribution in [3.8, 4) is 0 Å². The fraction of sp³-hybridized carbons (Fsp3) is 0.429. The molecular weight excluding hydrogens is 276 g/mol. The number of benzene rings is 1. The standard InChI is InChI=1S/C14H20N2O5/c1-10(15)7-20-9-12(13(17)18)16-14(19)21-8-11-5-3-2-4-6-11/h2-6,10,12H,7-9,15H2,1H3,(H,16,19)(H,17,18). The molecule has 0 aromatic heterocycles. The molecule has 116 valence electrons. The predicted molar refractivity (Wildman–Crippen MR) is 75.7 cm³/mol. The maximum atomic E-state index is 11.6. The van der Waals surface area contributed by atoms with Gasteiger partial charge in [0, 0.05) is 6.04 Å². The minimum Gasteiger partial charge on any atom is -0.480 e. The molecule has 0 aliphatic rings. The highest BCUT2D eigenvalue weighted by molar-refractivity contribution is 5.79. The molecule has 2 unspecified atom stereocenters. The van der Waals surface area contributed by atoms with Crippen LogP contribution in [0.3, 0.4) is 0 Å². The van der Waals surface area contributed by atoms with Gasteiger partial charge in [0.2, 0.25) is 0 Å². The van der Waals surface area contributed by atoms with Crippen molar-refractivity contribution >= 4 is 12.1 Å². The number of ether oxygens (including phenoxy) is 2. The van der Waals surface area contributed by atoms with Gasteiger partial charge in [-0.2, -0.15) is 0 Å². The minimum absolute atomic E-state index is 0.0692. The molecule has 1 amide bonds. The Morgan fingerprint density at radius 3 is 2.52 bits per heavy atom. The first-order chi connectivity index (χ1) is 9.99. The van der Waals surface area contributed by atoms with Crippen LogP contribution in [0.15, 0.2) is 30.3 Å². The van der Waals surface area contributed by atoms with Crippen molar-refractivity contribution in [1.82, 2.24) is 5.32 Å². The summed E-state index contributed by atoms with van der Waals surface area (Å²) in [5.74, 6) is -1.20. The van der Waals surface area contributed by atoms with E-state index >= 15 is 0 Å². The summed E-state index contributed by atoms with van der Waals surface area (Å²) in [6.07, 6.45) is -0.810. The van der Waals surface area contributed by atoms with E-state index in [9.17, 15) is 9.59 Å². The van der Waals surface area contributed by atoms with E-state index in [-0.39, 0.29) is 25.9 Å². The van der Waals surface area contributed by atoms with Gasteiger partial charge in [-0.15, -0.1) is 0 Å². The van der Waals surface area contributed by atoms with Crippen LogP contribution in [-0.2, 0) is 20.9 Å². The Morgan fingerprint density at radius 1 is 1.29 bits per heavy atom. The lowest BCUT2D eigenvalue weighted by molar-refractivity contribution is -0.141. The predicted octanol–water partition coefficient (Wildman–Crippen LogP) is 0.730. The number of hydrogen-bond donors (Lipinski definition) is 3. The molecular formula is C14H20N2O5. The van der Waals surface area contributed by atoms with Crippen molar-refractivity contribution in [2.24, 2.45) is 5.73 Å². The zero-order valence-corrected chi connectivity index (χ0v) is 11.8. The largest absolute Gasteiger partial charge is 0.480 e. The third kappa shape index (κ3) is 7.28. The van der Waals surface area contributed by atoms with Crippen LogP contribution in [0.1, 0.15) is 12.5 Å². The summed E-state index contributed by atoms with van der Waals surface area (Å²) in [7, 11) is 0. The number of rotatable bonds is 8. The average molecular weight is 296 g/mol. The highest BCUT2D eigenvalue weighted by atomic mass is 16.5. The molecule has 0 aliphatic heterocycles. The second-order valence-corrected chi connectivity index (χ2v) is 4.61. The summed E-state index contributed by atoms with van der Waals surface area (Å²) in [6.45, 7) is 1.85. The topological polar surface area (TPSA) is 111 Å². The Kier molecular flexibility index (Phi) is 7.20. The summed E-state index contributed by atoms with van der Waals surface area (Å²) >= 11 is 0. The fourth-order valence-electron chi connectivity index (χ4n) is 1.45. The number of nitrogens with one attached hydrogen (secondary N) is 1. The molecule has 2 atom stereocenters. The van der Waals surface area contributed by atoms with Crippen molar-refractivity contribution in [3.63, 3.8) is 0 Å². The van der Waals surface area contributed by atoms with Crippen molar-refractivity contribution in [2.75, 3.05) is 13.2 Å². The molecule has 0 saturated carbocycles. The number of carboxylic acid groups (broad SMARTS) is 1. The Balaban J connectivity index is 2.36. The Morgan fingerprint density at radius 2 is 1.95 bits per heavy atom. The van der Waals surface area contributed by atoms with E-state index in [1.165, 1.54) is 0 Å². The van der Waals surface area contributed by atoms with Crippen LogP contribution in [0.4, 0.5) is 4.79 Å². The molecule has 1 aromatic rings. The Labute approximate surface area is 123 Å². The second kappa shape index (κ2) is 8.93. The van der Waals surface area contributed by atoms with Gasteiger partial charge in [0.05, 0.1) is 13.2 Å². The Bertz CT molecular complexity index is 450. The van der Waals surface area contributed by atoms with Gasteiger partial charge in [-0.1, -0.05) is 30.3 Å². The first-order valence-corrected chi connectivity index (χ1v) is 6.52. The van der Waals surface area contributed by atoms with E-state index in [2.05, 4.69) is 5.32 Å². The molecule has 0 saturated heterocycles. The van der Waals surface area contributed by atoms with Gasteiger partial charge in [-0.25, -0.2) is 9.59 Å². The van der Waals surface area contributed by atoms with Crippen LogP contribution in [0, 0.1) is 0 Å². The number of carboxylic acids is 1. The lowest BCUT2D eigenvalue weighted by Gasteiger charge is -2.15. The third-order valence-corrected chi connectivity index (χ3v) is 2.47. The smallest absolute Gasteiger partial charge is 0.408 e. The van der Waals surface area contributed by atoms with Crippen molar-refractivity contribution in [1.29, 1.82) is 0 Å². The van der Waals surface area contributed by atoms with E-state index in [1.807, 2.05) is 18.2 Å². The molecule has 7 heteroatoms. The molecule has 1 rings (SSSR count). The van der Waals surface area contributed by atoms with E-state index < -0.39 is 18.1 Å². The van der Waals surface area contributed by atoms with Gasteiger partial charge in [-0.3, -0.25) is 0 Å². The summed E-state index contributed by atoms with van der Waals surface area (Å²) < 4.78 is 10.0. The normalized spacial score (nSPS) is 13.2. The summed E-state index contributed by atoms with van der Waals surface area (Å²) in [6, 6.07) is 7.70. The van der Waals surface area contributed by atoms with E-state index in [0.29, 0.717) is 0 Å². The SMILES string of the molecule is CC(N)COCC(NC(=O)OCc1ccccc1)C(=O)O. The number of nitrogens with two attached hydrogens (primary N) is 1. The second-order valence-electron chi connectivity index (χ2n) is 4.61. The molecule has 0 fully saturated rings. The minimum atomic E-state index is -1.20. The molecule has 21 heavy (non-hydrogen) atoms. The monoisotopic (exact) mass is 296 g/mol. The van der Waals surface area contributed by atoms with Gasteiger partial charge < -0.3 is 25.6 Å². The Hall–Kier alpha value is -2.12. The third-order valence-electron chi connectivity index (χ3n) is 2.47. The highest BCUT2D eigenvalue weighted by Crippen LogP contribution is 2.01. The fourth-order valence-corrected chi connectivity index (χ4v) is 1.45. The van der Waals surface area contributed by atoms with Crippen molar-refractivity contribution in [3.05, 3.63) is 35.9 Å². The molecule has 0 heterocycles. The first-order valence-electron chi connectivity index (χ1n) is 6.52. The van der Waals surface area contributed by atoms with E-state index in [1.54, 1.807) is 19.1 Å². The zero-order chi connectivity index (χ0) is 15.7. The highest BCUT2D eigenvalue weighted by Gasteiger charge is 2.21. The van der Waals surface area contributed by atoms with Crippen LogP contribution in [0.2, 0.25) is 0 Å². The molecule has 0 aliphatic carbocycles. The number of alkyl carbamates (subject to hydrolysis) is 1. The van der Waals surface area contributed by atoms with Gasteiger partial charge in [-0.05, 0) is 12.5 Å². The van der Waals surface area contributed by atoms with Crippen LogP contribution in [0.25, 0.3) is 0 Å². The van der Waals surface area contributed by atoms with E-state index in [4.69, 9.17) is 20.3 Å². The molecule has 4 N–H and O–H groups in total. The van der Waals surface area contributed by atoms with Crippen molar-refractivity contribution in [2.45, 2.75) is 25.6 Å². The van der Waals surface area contributed by atoms with E-state index in [0.717, 1.165) is 5.56 Å². The van der Waals surface area contributed by atoms with Gasteiger partial charge in [0.15, 0.2) is 6.04 Å². The lowest BCUT2D eigenvalue weighted by atomic mass is 10.2. The average Bonchev–Trinajstić information content (AvgIpc) is 2.44. The summed E-state index contributed by atoms with van der Waals surface area (Å²) in [5.41, 5.74) is 6.30. The summed E-state index contributed by atoms with van der Waals surface area (Å²) in [5, 5.41) is 11.2. The van der Waals surface area contributed by atoms with Crippen LogP contribution in [0.5, 0.6) is 0 Å². The van der Waals surface area contributed by atoms with Gasteiger partial charge in [0.1, 0.15) is 6.61 Å². The molecule has 7 nitrogen and oxygen atoms in total. The molecule has 0 spiro atoms. The zero-order valence-electron chi connectivity index (χ0n) is 11.8. The molecule has 1 aromatic carbocycles. The number of hydrogen-bond acceptors (Lipinski definition) is 5. The quantitative estimate of drug-likeness (QED) is 0.652. The van der Waals surface area contributed by atoms with Gasteiger partial charge in [0.25, 0.3) is 0 Å². The number of carbonyl (C=O) groups is 2. The first kappa shape index (κ1) is 16.9. The number of aliphatic carboxylic acids is 1. The number of carbonyl (C=O) groups excluding carboxylic acids is 1. The number of amides is 1. The van der Waals surface area contributed by atoms with Crippen LogP contribution in [-0.4, -0.2) is 42.5 Å². The maximum absolute atomic E-state index is 11.6. The van der Waals surface area contributed by atoms with Crippen LogP contribution >= 0.6 is 0 Å².